The lowest BCUT2D eigenvalue weighted by Gasteiger charge is -2.26. The summed E-state index contributed by atoms with van der Waals surface area (Å²) in [5.74, 6) is -0.490. The number of thiophene rings is 1. The Hall–Kier alpha value is -2.63. The second kappa shape index (κ2) is 9.70. The molecule has 0 unspecified atom stereocenters. The van der Waals surface area contributed by atoms with Crippen LogP contribution >= 0.6 is 22.9 Å². The van der Waals surface area contributed by atoms with Crippen molar-refractivity contribution < 1.29 is 29.6 Å². The van der Waals surface area contributed by atoms with Gasteiger partial charge in [0.1, 0.15) is 0 Å². The molecule has 1 saturated heterocycles. The van der Waals surface area contributed by atoms with Crippen molar-refractivity contribution in [2.45, 2.75) is 37.7 Å². The Labute approximate surface area is 198 Å². The molecule has 1 fully saturated rings. The number of ether oxygens (including phenoxy) is 1. The van der Waals surface area contributed by atoms with E-state index in [0.717, 1.165) is 21.3 Å². The predicted molar refractivity (Wildman–Crippen MR) is 124 cm³/mol. The summed E-state index contributed by atoms with van der Waals surface area (Å²) >= 11 is 7.47. The van der Waals surface area contributed by atoms with Gasteiger partial charge in [0, 0.05) is 24.7 Å². The van der Waals surface area contributed by atoms with Crippen LogP contribution < -0.4 is 10.1 Å². The molecular formula is C22H24ClN3O6S. The van der Waals surface area contributed by atoms with Crippen molar-refractivity contribution >= 4 is 45.2 Å². The number of nitrogens with zero attached hydrogens (tertiary/aromatic N) is 1. The maximum Gasteiger partial charge on any atom is 0.414 e. The van der Waals surface area contributed by atoms with Crippen LogP contribution in [0.3, 0.4) is 0 Å². The van der Waals surface area contributed by atoms with Crippen LogP contribution in [-0.4, -0.2) is 74.6 Å². The first kappa shape index (κ1) is 23.5. The minimum absolute atomic E-state index is 0.0965. The van der Waals surface area contributed by atoms with E-state index in [0.29, 0.717) is 4.34 Å². The van der Waals surface area contributed by atoms with E-state index in [4.69, 9.17) is 16.3 Å². The number of halogens is 1. The molecular weight excluding hydrogens is 470 g/mol. The van der Waals surface area contributed by atoms with Gasteiger partial charge in [-0.15, -0.1) is 11.3 Å². The van der Waals surface area contributed by atoms with E-state index in [9.17, 15) is 24.9 Å². The molecule has 0 saturated carbocycles. The van der Waals surface area contributed by atoms with Crippen molar-refractivity contribution in [3.63, 3.8) is 0 Å². The van der Waals surface area contributed by atoms with Gasteiger partial charge in [-0.25, -0.2) is 4.79 Å². The number of aromatic nitrogens is 1. The fraction of sp³-hybridized carbons (Fsp3) is 0.364. The standard InChI is InChI=1S/C22H24ClN3O6S/c1-11-18-16(33-20(11)23)8-17(25-18)32-22(31)24-13(7-12-5-3-2-4-6-12)19(29)21(30)26-9-14(27)15(28)10-26/h2-6,8,13-15,19,25,27-29H,7,9-10H2,1H3,(H,24,31)/t13-,14-,15+,19+/m0/s1. The number of likely N-dealkylation sites (tertiary alicyclic amines) is 1. The van der Waals surface area contributed by atoms with Crippen LogP contribution in [0.2, 0.25) is 4.34 Å². The van der Waals surface area contributed by atoms with E-state index < -0.39 is 36.4 Å². The molecule has 1 aliphatic rings. The Kier molecular flexibility index (Phi) is 6.91. The van der Waals surface area contributed by atoms with E-state index in [1.165, 1.54) is 16.2 Å². The summed E-state index contributed by atoms with van der Waals surface area (Å²) < 4.78 is 6.84. The van der Waals surface area contributed by atoms with Gasteiger partial charge in [-0.2, -0.15) is 0 Å². The number of H-pyrrole nitrogens is 1. The van der Waals surface area contributed by atoms with Crippen molar-refractivity contribution in [1.29, 1.82) is 0 Å². The minimum atomic E-state index is -1.61. The van der Waals surface area contributed by atoms with Crippen LogP contribution in [0.5, 0.6) is 5.88 Å². The normalized spacial score (nSPS) is 20.1. The lowest BCUT2D eigenvalue weighted by atomic mass is 10.0. The molecule has 11 heteroatoms. The van der Waals surface area contributed by atoms with E-state index in [1.54, 1.807) is 6.07 Å². The number of carbonyl (C=O) groups is 2. The maximum absolute atomic E-state index is 12.8. The van der Waals surface area contributed by atoms with Gasteiger partial charge < -0.3 is 35.3 Å². The zero-order chi connectivity index (χ0) is 23.7. The highest BCUT2D eigenvalue weighted by molar-refractivity contribution is 7.22. The van der Waals surface area contributed by atoms with Crippen LogP contribution in [0, 0.1) is 6.92 Å². The second-order valence-corrected chi connectivity index (χ2v) is 9.68. The first-order valence-corrected chi connectivity index (χ1v) is 11.5. The number of amides is 2. The molecule has 3 heterocycles. The van der Waals surface area contributed by atoms with Gasteiger partial charge in [0.2, 0.25) is 5.88 Å². The molecule has 1 aliphatic heterocycles. The molecule has 5 N–H and O–H groups in total. The number of nitrogens with one attached hydrogen (secondary N) is 2. The van der Waals surface area contributed by atoms with Crippen molar-refractivity contribution in [3.8, 4) is 5.88 Å². The number of aryl methyl sites for hydroxylation is 1. The van der Waals surface area contributed by atoms with Gasteiger partial charge in [-0.3, -0.25) is 4.79 Å². The van der Waals surface area contributed by atoms with Crippen molar-refractivity contribution in [3.05, 3.63) is 51.9 Å². The molecule has 1 aromatic carbocycles. The first-order valence-electron chi connectivity index (χ1n) is 10.4. The third-order valence-corrected chi connectivity index (χ3v) is 7.18. The molecule has 0 spiro atoms. The third kappa shape index (κ3) is 5.15. The van der Waals surface area contributed by atoms with Crippen LogP contribution in [0.25, 0.3) is 10.2 Å². The average molecular weight is 494 g/mol. The van der Waals surface area contributed by atoms with Gasteiger partial charge in [0.25, 0.3) is 5.91 Å². The number of β-amino-alcohol motifs (C(OH)–C–C–N with tert-alkyl or cyclic N) is 2. The Balaban J connectivity index is 1.48. The monoisotopic (exact) mass is 493 g/mol. The topological polar surface area (TPSA) is 135 Å². The second-order valence-electron chi connectivity index (χ2n) is 8.03. The lowest BCUT2D eigenvalue weighted by Crippen LogP contribution is -2.53. The number of aliphatic hydroxyl groups excluding tert-OH is 3. The van der Waals surface area contributed by atoms with E-state index in [2.05, 4.69) is 10.3 Å². The van der Waals surface area contributed by atoms with Crippen LogP contribution in [0.1, 0.15) is 11.1 Å². The highest BCUT2D eigenvalue weighted by atomic mass is 35.5. The summed E-state index contributed by atoms with van der Waals surface area (Å²) in [5.41, 5.74) is 2.42. The Bertz CT molecular complexity index is 1140. The molecule has 0 radical (unpaired) electrons. The van der Waals surface area contributed by atoms with Crippen LogP contribution in [-0.2, 0) is 11.2 Å². The average Bonchev–Trinajstić information content (AvgIpc) is 3.41. The molecule has 3 aromatic rings. The zero-order valence-corrected chi connectivity index (χ0v) is 19.3. The van der Waals surface area contributed by atoms with Gasteiger partial charge in [-0.1, -0.05) is 41.9 Å². The Morgan fingerprint density at radius 3 is 2.58 bits per heavy atom. The molecule has 0 aliphatic carbocycles. The smallest absolute Gasteiger partial charge is 0.393 e. The number of aliphatic hydroxyl groups is 3. The molecule has 0 bridgehead atoms. The van der Waals surface area contributed by atoms with Crippen LogP contribution in [0.4, 0.5) is 4.79 Å². The largest absolute Gasteiger partial charge is 0.414 e. The molecule has 2 aromatic heterocycles. The highest BCUT2D eigenvalue weighted by Gasteiger charge is 2.38. The third-order valence-electron chi connectivity index (χ3n) is 5.64. The zero-order valence-electron chi connectivity index (χ0n) is 17.7. The van der Waals surface area contributed by atoms with E-state index in [-0.39, 0.29) is 25.4 Å². The molecule has 176 valence electrons. The molecule has 2 amide bonds. The number of hydrogen-bond donors (Lipinski definition) is 5. The van der Waals surface area contributed by atoms with E-state index in [1.807, 2.05) is 37.3 Å². The van der Waals surface area contributed by atoms with Gasteiger partial charge in [0.05, 0.1) is 32.8 Å². The molecule has 33 heavy (non-hydrogen) atoms. The number of aromatic amines is 1. The summed E-state index contributed by atoms with van der Waals surface area (Å²) in [6, 6.07) is 9.73. The molecule has 9 nitrogen and oxygen atoms in total. The molecule has 4 rings (SSSR count). The first-order chi connectivity index (χ1) is 15.7. The number of rotatable bonds is 6. The number of carbonyl (C=O) groups excluding carboxylic acids is 2. The highest BCUT2D eigenvalue weighted by Crippen LogP contribution is 2.36. The van der Waals surface area contributed by atoms with Crippen LogP contribution in [0.15, 0.2) is 36.4 Å². The number of hydrogen-bond acceptors (Lipinski definition) is 7. The van der Waals surface area contributed by atoms with E-state index >= 15 is 0 Å². The lowest BCUT2D eigenvalue weighted by molar-refractivity contribution is -0.141. The van der Waals surface area contributed by atoms with Gasteiger partial charge in [0.15, 0.2) is 6.10 Å². The fourth-order valence-corrected chi connectivity index (χ4v) is 5.06. The number of fused-ring (bicyclic) bond motifs is 1. The predicted octanol–water partition coefficient (Wildman–Crippen LogP) is 1.82. The summed E-state index contributed by atoms with van der Waals surface area (Å²) in [6.45, 7) is 1.66. The van der Waals surface area contributed by atoms with Gasteiger partial charge in [-0.05, 0) is 18.9 Å². The van der Waals surface area contributed by atoms with Crippen molar-refractivity contribution in [2.75, 3.05) is 13.1 Å². The summed E-state index contributed by atoms with van der Waals surface area (Å²) in [5, 5.41) is 32.8. The summed E-state index contributed by atoms with van der Waals surface area (Å²) in [7, 11) is 0. The maximum atomic E-state index is 12.8. The Morgan fingerprint density at radius 2 is 1.94 bits per heavy atom. The number of benzene rings is 1. The van der Waals surface area contributed by atoms with Gasteiger partial charge >= 0.3 is 6.09 Å². The Morgan fingerprint density at radius 1 is 1.27 bits per heavy atom. The fourth-order valence-electron chi connectivity index (χ4n) is 3.80. The molecule has 4 atom stereocenters. The SMILES string of the molecule is Cc1c(Cl)sc2cc(OC(=O)N[C@@H](Cc3ccccc3)[C@@H](O)C(=O)N3C[C@@H](O)[C@@H](O)C3)[nH]c12. The summed E-state index contributed by atoms with van der Waals surface area (Å²) in [6.07, 6.45) is -4.45. The van der Waals surface area contributed by atoms with Crippen molar-refractivity contribution in [1.82, 2.24) is 15.2 Å². The van der Waals surface area contributed by atoms with Crippen molar-refractivity contribution in [2.24, 2.45) is 0 Å². The quantitative estimate of drug-likeness (QED) is 0.355. The summed E-state index contributed by atoms with van der Waals surface area (Å²) in [4.78, 5) is 29.6. The minimum Gasteiger partial charge on any atom is -0.393 e.